The summed E-state index contributed by atoms with van der Waals surface area (Å²) < 4.78 is 0. The highest BCUT2D eigenvalue weighted by molar-refractivity contribution is 5.87. The van der Waals surface area contributed by atoms with E-state index in [4.69, 9.17) is 0 Å². The van der Waals surface area contributed by atoms with Gasteiger partial charge in [0.15, 0.2) is 0 Å². The minimum absolute atomic E-state index is 0.426. The SMILES string of the molecule is CC([CH]Cc1cccc2ccccc12)c1cccc2ccccc12. The van der Waals surface area contributed by atoms with E-state index in [9.17, 15) is 0 Å². The van der Waals surface area contributed by atoms with Gasteiger partial charge in [0, 0.05) is 0 Å². The van der Waals surface area contributed by atoms with E-state index in [0.29, 0.717) is 5.92 Å². The molecule has 0 aliphatic rings. The van der Waals surface area contributed by atoms with Crippen molar-refractivity contribution in [2.24, 2.45) is 0 Å². The summed E-state index contributed by atoms with van der Waals surface area (Å²) in [6, 6.07) is 30.5. The summed E-state index contributed by atoms with van der Waals surface area (Å²) in [6.07, 6.45) is 3.43. The summed E-state index contributed by atoms with van der Waals surface area (Å²) in [6.45, 7) is 2.30. The lowest BCUT2D eigenvalue weighted by atomic mass is 9.89. The molecule has 24 heavy (non-hydrogen) atoms. The molecular formula is C24H21. The highest BCUT2D eigenvalue weighted by Gasteiger charge is 2.10. The summed E-state index contributed by atoms with van der Waals surface area (Å²) >= 11 is 0. The first kappa shape index (κ1) is 15.0. The van der Waals surface area contributed by atoms with Crippen LogP contribution in [0.4, 0.5) is 0 Å². The van der Waals surface area contributed by atoms with Gasteiger partial charge in [0.1, 0.15) is 0 Å². The van der Waals surface area contributed by atoms with E-state index >= 15 is 0 Å². The van der Waals surface area contributed by atoms with E-state index in [0.717, 1.165) is 6.42 Å². The molecular weight excluding hydrogens is 288 g/mol. The first-order chi connectivity index (χ1) is 11.8. The van der Waals surface area contributed by atoms with E-state index < -0.39 is 0 Å². The van der Waals surface area contributed by atoms with Crippen molar-refractivity contribution < 1.29 is 0 Å². The fourth-order valence-electron chi connectivity index (χ4n) is 3.55. The Hall–Kier alpha value is -2.60. The molecule has 1 unspecified atom stereocenters. The summed E-state index contributed by atoms with van der Waals surface area (Å²) in [5.41, 5.74) is 2.81. The van der Waals surface area contributed by atoms with Gasteiger partial charge in [-0.05, 0) is 51.4 Å². The molecule has 0 spiro atoms. The van der Waals surface area contributed by atoms with Gasteiger partial charge >= 0.3 is 0 Å². The number of fused-ring (bicyclic) bond motifs is 2. The summed E-state index contributed by atoms with van der Waals surface area (Å²) in [4.78, 5) is 0. The van der Waals surface area contributed by atoms with Crippen molar-refractivity contribution in [2.75, 3.05) is 0 Å². The molecule has 117 valence electrons. The topological polar surface area (TPSA) is 0 Å². The average Bonchev–Trinajstić information content (AvgIpc) is 2.65. The first-order valence-corrected chi connectivity index (χ1v) is 8.60. The molecule has 4 aromatic carbocycles. The molecule has 0 aliphatic carbocycles. The van der Waals surface area contributed by atoms with E-state index in [1.165, 1.54) is 32.7 Å². The maximum Gasteiger partial charge on any atom is -0.0149 e. The van der Waals surface area contributed by atoms with Crippen molar-refractivity contribution in [3.63, 3.8) is 0 Å². The molecule has 0 heterocycles. The van der Waals surface area contributed by atoms with E-state index in [2.05, 4.69) is 98.3 Å². The number of hydrogen-bond acceptors (Lipinski definition) is 0. The van der Waals surface area contributed by atoms with Crippen LogP contribution in [0.5, 0.6) is 0 Å². The summed E-state index contributed by atoms with van der Waals surface area (Å²) in [5.74, 6) is 0.426. The van der Waals surface area contributed by atoms with Crippen LogP contribution in [0.3, 0.4) is 0 Å². The molecule has 0 fully saturated rings. The average molecular weight is 309 g/mol. The maximum atomic E-state index is 2.43. The summed E-state index contributed by atoms with van der Waals surface area (Å²) in [7, 11) is 0. The lowest BCUT2D eigenvalue weighted by Crippen LogP contribution is -1.99. The number of hydrogen-bond donors (Lipinski definition) is 0. The van der Waals surface area contributed by atoms with Crippen LogP contribution in [0.2, 0.25) is 0 Å². The van der Waals surface area contributed by atoms with Crippen LogP contribution < -0.4 is 0 Å². The molecule has 0 aliphatic heterocycles. The van der Waals surface area contributed by atoms with Gasteiger partial charge in [0.25, 0.3) is 0 Å². The molecule has 0 saturated heterocycles. The predicted molar refractivity (Wildman–Crippen MR) is 104 cm³/mol. The Bertz CT molecular complexity index is 970. The predicted octanol–water partition coefficient (Wildman–Crippen LogP) is 6.54. The lowest BCUT2D eigenvalue weighted by Gasteiger charge is -2.15. The second-order valence-corrected chi connectivity index (χ2v) is 6.44. The normalized spacial score (nSPS) is 12.5. The Morgan fingerprint density at radius 1 is 0.667 bits per heavy atom. The third-order valence-electron chi connectivity index (χ3n) is 4.89. The van der Waals surface area contributed by atoms with Gasteiger partial charge in [-0.1, -0.05) is 91.9 Å². The third kappa shape index (κ3) is 2.80. The van der Waals surface area contributed by atoms with Crippen LogP contribution in [0.15, 0.2) is 84.9 Å². The van der Waals surface area contributed by atoms with Crippen molar-refractivity contribution in [1.82, 2.24) is 0 Å². The number of rotatable bonds is 4. The van der Waals surface area contributed by atoms with E-state index in [1.807, 2.05) is 0 Å². The van der Waals surface area contributed by atoms with Crippen LogP contribution in [0.1, 0.15) is 24.0 Å². The lowest BCUT2D eigenvalue weighted by molar-refractivity contribution is 0.853. The van der Waals surface area contributed by atoms with E-state index in [-0.39, 0.29) is 0 Å². The third-order valence-corrected chi connectivity index (χ3v) is 4.89. The van der Waals surface area contributed by atoms with Gasteiger partial charge in [0.2, 0.25) is 0 Å². The molecule has 1 radical (unpaired) electrons. The number of benzene rings is 4. The fourth-order valence-corrected chi connectivity index (χ4v) is 3.55. The van der Waals surface area contributed by atoms with Gasteiger partial charge in [0.05, 0.1) is 0 Å². The van der Waals surface area contributed by atoms with Gasteiger partial charge in [-0.3, -0.25) is 0 Å². The fraction of sp³-hybridized carbons (Fsp3) is 0.125. The van der Waals surface area contributed by atoms with Crippen molar-refractivity contribution in [1.29, 1.82) is 0 Å². The van der Waals surface area contributed by atoms with Crippen molar-refractivity contribution >= 4 is 21.5 Å². The van der Waals surface area contributed by atoms with Crippen LogP contribution >= 0.6 is 0 Å². The molecule has 4 aromatic rings. The minimum atomic E-state index is 0.426. The van der Waals surface area contributed by atoms with Crippen LogP contribution in [0.25, 0.3) is 21.5 Å². The minimum Gasteiger partial charge on any atom is -0.0616 e. The first-order valence-electron chi connectivity index (χ1n) is 8.60. The Morgan fingerprint density at radius 3 is 2.04 bits per heavy atom. The molecule has 0 heteroatoms. The Labute approximate surface area is 143 Å². The Morgan fingerprint density at radius 2 is 1.25 bits per heavy atom. The van der Waals surface area contributed by atoms with Gasteiger partial charge in [-0.25, -0.2) is 0 Å². The largest absolute Gasteiger partial charge is 0.0616 e. The van der Waals surface area contributed by atoms with Crippen LogP contribution in [-0.2, 0) is 6.42 Å². The quantitative estimate of drug-likeness (QED) is 0.401. The van der Waals surface area contributed by atoms with Gasteiger partial charge in [-0.2, -0.15) is 0 Å². The van der Waals surface area contributed by atoms with Crippen molar-refractivity contribution in [3.05, 3.63) is 102 Å². The zero-order valence-electron chi connectivity index (χ0n) is 13.9. The highest BCUT2D eigenvalue weighted by Crippen LogP contribution is 2.29. The van der Waals surface area contributed by atoms with Crippen molar-refractivity contribution in [3.8, 4) is 0 Å². The Kier molecular flexibility index (Phi) is 4.04. The smallest absolute Gasteiger partial charge is 0.0149 e. The monoisotopic (exact) mass is 309 g/mol. The zero-order valence-corrected chi connectivity index (χ0v) is 13.9. The molecule has 0 bridgehead atoms. The van der Waals surface area contributed by atoms with Gasteiger partial charge in [-0.15, -0.1) is 0 Å². The molecule has 0 saturated carbocycles. The second-order valence-electron chi connectivity index (χ2n) is 6.44. The standard InChI is InChI=1S/C24H21/c1-18(22-15-7-12-20-9-3-5-14-24(20)22)16-17-21-11-6-10-19-8-2-4-13-23(19)21/h2-16,18H,17H2,1H3. The molecule has 0 N–H and O–H groups in total. The van der Waals surface area contributed by atoms with Gasteiger partial charge < -0.3 is 0 Å². The van der Waals surface area contributed by atoms with Crippen LogP contribution in [0, 0.1) is 6.42 Å². The molecule has 4 rings (SSSR count). The zero-order chi connectivity index (χ0) is 16.4. The maximum absolute atomic E-state index is 2.43. The second kappa shape index (κ2) is 6.49. The van der Waals surface area contributed by atoms with E-state index in [1.54, 1.807) is 0 Å². The molecule has 0 amide bonds. The van der Waals surface area contributed by atoms with Crippen LogP contribution in [-0.4, -0.2) is 0 Å². The highest BCUT2D eigenvalue weighted by atomic mass is 14.1. The molecule has 1 atom stereocenters. The Balaban J connectivity index is 1.61. The molecule has 0 aromatic heterocycles. The van der Waals surface area contributed by atoms with Crippen molar-refractivity contribution in [2.45, 2.75) is 19.3 Å². The summed E-state index contributed by atoms with van der Waals surface area (Å²) in [5, 5.41) is 5.37. The molecule has 0 nitrogen and oxygen atoms in total.